The van der Waals surface area contributed by atoms with Crippen molar-refractivity contribution in [1.82, 2.24) is 0 Å². The summed E-state index contributed by atoms with van der Waals surface area (Å²) in [5.74, 6) is -0.280. The minimum atomic E-state index is -1.88. The van der Waals surface area contributed by atoms with Gasteiger partial charge in [-0.1, -0.05) is 78.6 Å². The Labute approximate surface area is 314 Å². The highest BCUT2D eigenvalue weighted by molar-refractivity contribution is 9.10. The Kier molecular flexibility index (Phi) is 16.9. The molecule has 0 unspecified atom stereocenters. The number of hydrogen-bond acceptors (Lipinski definition) is 5. The highest BCUT2D eigenvalue weighted by Crippen LogP contribution is 2.55. The van der Waals surface area contributed by atoms with Gasteiger partial charge >= 0.3 is 5.97 Å². The van der Waals surface area contributed by atoms with Gasteiger partial charge < -0.3 is 14.3 Å². The van der Waals surface area contributed by atoms with E-state index in [1.807, 2.05) is 32.9 Å². The molecule has 1 N–H and O–H groups in total. The Bertz CT molecular complexity index is 1410. The number of hydrogen-bond donors (Lipinski definition) is 1. The minimum absolute atomic E-state index is 0.0607. The molecule has 0 aromatic heterocycles. The predicted octanol–water partition coefficient (Wildman–Crippen LogP) is 12.3. The molecule has 1 aliphatic carbocycles. The SMILES string of the molecule is CC(C)=CCC/C(C)=C/C[C@@H](OC(=O)c1ccc(Br)cc1)/C(C)=C/CC[C@@]1(C)[C@H](CCCO[Si](C)(C)C(C)(C)C)/C(=C(/C)C=O)CC[C@]1(C)O. The fourth-order valence-electron chi connectivity index (χ4n) is 6.75. The normalized spacial score (nSPS) is 23.7. The van der Waals surface area contributed by atoms with Crippen molar-refractivity contribution in [3.8, 4) is 0 Å². The van der Waals surface area contributed by atoms with Crippen LogP contribution in [0.15, 0.2) is 74.8 Å². The standard InChI is InChI=1S/C43H67BrO5Si/c1-31(2)16-13-17-32(3)20-25-39(49-40(46)35-21-23-36(44)24-22-35)33(4)18-14-27-42(9)38(19-15-29-48-50(11,12)41(6,7)8)37(34(5)30-45)26-28-43(42,10)47/h16,18,20-24,30,38-39,47H,13-15,17,19,25-29H2,1-12H3/b32-20+,33-18+,37-34-/t38-,39-,42+,43+/m1/s1. The second-order valence-corrected chi connectivity index (χ2v) is 22.5. The number of carbonyl (C=O) groups is 2. The van der Waals surface area contributed by atoms with Crippen molar-refractivity contribution in [2.75, 3.05) is 6.61 Å². The Morgan fingerprint density at radius 1 is 1.04 bits per heavy atom. The number of carbonyl (C=O) groups excluding carboxylic acids is 2. The van der Waals surface area contributed by atoms with Crippen molar-refractivity contribution in [2.45, 2.75) is 157 Å². The summed E-state index contributed by atoms with van der Waals surface area (Å²) in [5, 5.41) is 12.1. The summed E-state index contributed by atoms with van der Waals surface area (Å²) in [4.78, 5) is 25.3. The monoisotopic (exact) mass is 770 g/mol. The average molecular weight is 772 g/mol. The summed E-state index contributed by atoms with van der Waals surface area (Å²) in [6.07, 6.45) is 14.3. The first-order chi connectivity index (χ1) is 23.1. The van der Waals surface area contributed by atoms with E-state index in [-0.39, 0.29) is 16.9 Å². The van der Waals surface area contributed by atoms with Crippen LogP contribution in [0.2, 0.25) is 18.1 Å². The first-order valence-electron chi connectivity index (χ1n) is 18.6. The quantitative estimate of drug-likeness (QED) is 0.0426. The number of aliphatic hydroxyl groups is 1. The molecule has 0 aliphatic heterocycles. The lowest BCUT2D eigenvalue weighted by Crippen LogP contribution is -2.52. The van der Waals surface area contributed by atoms with Gasteiger partial charge in [-0.25, -0.2) is 4.79 Å². The van der Waals surface area contributed by atoms with Crippen LogP contribution in [0.25, 0.3) is 0 Å². The molecule has 280 valence electrons. The molecule has 0 amide bonds. The minimum Gasteiger partial charge on any atom is -0.454 e. The number of aldehydes is 1. The lowest BCUT2D eigenvalue weighted by molar-refractivity contribution is -0.115. The third kappa shape index (κ3) is 12.6. The molecule has 0 spiro atoms. The van der Waals surface area contributed by atoms with E-state index < -0.39 is 25.4 Å². The van der Waals surface area contributed by atoms with Crippen LogP contribution in [0.5, 0.6) is 0 Å². The van der Waals surface area contributed by atoms with Gasteiger partial charge in [-0.05, 0) is 152 Å². The van der Waals surface area contributed by atoms with Crippen molar-refractivity contribution in [3.63, 3.8) is 0 Å². The van der Waals surface area contributed by atoms with Crippen molar-refractivity contribution < 1.29 is 23.9 Å². The van der Waals surface area contributed by atoms with E-state index >= 15 is 0 Å². The van der Waals surface area contributed by atoms with Crippen LogP contribution in [0.3, 0.4) is 0 Å². The van der Waals surface area contributed by atoms with Crippen LogP contribution in [0.4, 0.5) is 0 Å². The van der Waals surface area contributed by atoms with Crippen LogP contribution in [-0.4, -0.2) is 44.0 Å². The van der Waals surface area contributed by atoms with Crippen molar-refractivity contribution in [1.29, 1.82) is 0 Å². The topological polar surface area (TPSA) is 72.8 Å². The molecule has 0 heterocycles. The molecule has 50 heavy (non-hydrogen) atoms. The highest BCUT2D eigenvalue weighted by atomic mass is 79.9. The van der Waals surface area contributed by atoms with Gasteiger partial charge in [-0.15, -0.1) is 0 Å². The molecular weight excluding hydrogens is 704 g/mol. The van der Waals surface area contributed by atoms with Crippen molar-refractivity contribution >= 4 is 36.5 Å². The summed E-state index contributed by atoms with van der Waals surface area (Å²) in [6, 6.07) is 7.25. The summed E-state index contributed by atoms with van der Waals surface area (Å²) in [6.45, 7) is 26.5. The van der Waals surface area contributed by atoms with Gasteiger partial charge in [0.15, 0.2) is 8.32 Å². The zero-order valence-corrected chi connectivity index (χ0v) is 35.9. The molecular formula is C43H67BrO5Si. The summed E-state index contributed by atoms with van der Waals surface area (Å²) in [5.41, 5.74) is 4.73. The van der Waals surface area contributed by atoms with Crippen molar-refractivity contribution in [2.24, 2.45) is 11.3 Å². The van der Waals surface area contributed by atoms with Crippen LogP contribution in [0, 0.1) is 11.3 Å². The average Bonchev–Trinajstić information content (AvgIpc) is 3.02. The predicted molar refractivity (Wildman–Crippen MR) is 216 cm³/mol. The second-order valence-electron chi connectivity index (χ2n) is 16.8. The Balaban J connectivity index is 2.34. The summed E-state index contributed by atoms with van der Waals surface area (Å²) in [7, 11) is -1.88. The molecule has 7 heteroatoms. The zero-order valence-electron chi connectivity index (χ0n) is 33.3. The van der Waals surface area contributed by atoms with E-state index in [4.69, 9.17) is 9.16 Å². The number of benzene rings is 1. The number of esters is 1. The smallest absolute Gasteiger partial charge is 0.338 e. The van der Waals surface area contributed by atoms with E-state index in [0.29, 0.717) is 25.0 Å². The maximum absolute atomic E-state index is 13.3. The highest BCUT2D eigenvalue weighted by Gasteiger charge is 2.52. The van der Waals surface area contributed by atoms with Gasteiger partial charge in [0.1, 0.15) is 12.4 Å². The molecule has 2 rings (SSSR count). The molecule has 0 saturated heterocycles. The van der Waals surface area contributed by atoms with Crippen LogP contribution >= 0.6 is 15.9 Å². The van der Waals surface area contributed by atoms with Crippen molar-refractivity contribution in [3.05, 3.63) is 80.4 Å². The van der Waals surface area contributed by atoms with E-state index in [1.165, 1.54) is 16.7 Å². The number of allylic oxidation sites excluding steroid dienone is 6. The van der Waals surface area contributed by atoms with E-state index in [0.717, 1.165) is 66.9 Å². The van der Waals surface area contributed by atoms with Crippen LogP contribution in [-0.2, 0) is 14.0 Å². The van der Waals surface area contributed by atoms with Gasteiger partial charge in [0.05, 0.1) is 11.2 Å². The second kappa shape index (κ2) is 19.1. The molecule has 0 radical (unpaired) electrons. The lowest BCUT2D eigenvalue weighted by atomic mass is 9.54. The Morgan fingerprint density at radius 3 is 2.26 bits per heavy atom. The molecule has 1 fully saturated rings. The number of halogens is 1. The Hall–Kier alpha value is -2.06. The van der Waals surface area contributed by atoms with Gasteiger partial charge in [0.25, 0.3) is 0 Å². The van der Waals surface area contributed by atoms with Gasteiger partial charge in [0, 0.05) is 22.9 Å². The van der Waals surface area contributed by atoms with Crippen LogP contribution in [0.1, 0.15) is 137 Å². The fraction of sp³-hybridized carbons (Fsp3) is 0.628. The van der Waals surface area contributed by atoms with Gasteiger partial charge in [-0.3, -0.25) is 4.79 Å². The molecule has 0 bridgehead atoms. The number of rotatable bonds is 17. The summed E-state index contributed by atoms with van der Waals surface area (Å²) < 4.78 is 13.6. The molecule has 1 aromatic rings. The Morgan fingerprint density at radius 2 is 1.68 bits per heavy atom. The first kappa shape index (κ1) is 44.1. The maximum Gasteiger partial charge on any atom is 0.338 e. The molecule has 1 aliphatic rings. The third-order valence-corrected chi connectivity index (χ3v) is 16.7. The summed E-state index contributed by atoms with van der Waals surface area (Å²) >= 11 is 3.45. The third-order valence-electron chi connectivity index (χ3n) is 11.6. The number of ether oxygens (including phenoxy) is 1. The lowest BCUT2D eigenvalue weighted by Gasteiger charge is -2.53. The first-order valence-corrected chi connectivity index (χ1v) is 22.3. The fourth-order valence-corrected chi connectivity index (χ4v) is 8.11. The van der Waals surface area contributed by atoms with Gasteiger partial charge in [0.2, 0.25) is 0 Å². The largest absolute Gasteiger partial charge is 0.454 e. The maximum atomic E-state index is 13.3. The molecule has 1 saturated carbocycles. The van der Waals surface area contributed by atoms with E-state index in [9.17, 15) is 14.7 Å². The van der Waals surface area contributed by atoms with E-state index in [2.05, 4.69) is 95.7 Å². The van der Waals surface area contributed by atoms with Gasteiger partial charge in [-0.2, -0.15) is 0 Å². The zero-order chi connectivity index (χ0) is 37.9. The molecule has 4 atom stereocenters. The molecule has 5 nitrogen and oxygen atoms in total. The molecule has 1 aromatic carbocycles. The van der Waals surface area contributed by atoms with E-state index in [1.54, 1.807) is 12.1 Å². The van der Waals surface area contributed by atoms with Crippen LogP contribution < -0.4 is 0 Å².